The molecule has 2 aromatic rings. The minimum Gasteiger partial charge on any atom is -0.497 e. The van der Waals surface area contributed by atoms with Gasteiger partial charge in [-0.15, -0.1) is 0 Å². The zero-order valence-electron chi connectivity index (χ0n) is 14.3. The molecule has 132 valence electrons. The highest BCUT2D eigenvalue weighted by Gasteiger charge is 2.21. The molecule has 1 aliphatic rings. The van der Waals surface area contributed by atoms with Gasteiger partial charge in [0.05, 0.1) is 21.3 Å². The first-order valence-corrected chi connectivity index (χ1v) is 7.66. The molecule has 1 heterocycles. The molecule has 25 heavy (non-hydrogen) atoms. The number of ether oxygens (including phenoxy) is 5. The lowest BCUT2D eigenvalue weighted by molar-refractivity contribution is 0.102. The van der Waals surface area contributed by atoms with Crippen molar-refractivity contribution >= 4 is 11.6 Å². The Hall–Kier alpha value is -3.09. The number of benzene rings is 2. The second kappa shape index (κ2) is 7.21. The lowest BCUT2D eigenvalue weighted by Gasteiger charge is -2.21. The number of carbonyl (C=O) groups is 1. The van der Waals surface area contributed by atoms with Crippen molar-refractivity contribution < 1.29 is 28.5 Å². The molecule has 0 atom stereocenters. The summed E-state index contributed by atoms with van der Waals surface area (Å²) in [7, 11) is 4.61. The third-order valence-corrected chi connectivity index (χ3v) is 3.70. The van der Waals surface area contributed by atoms with Gasteiger partial charge in [0.15, 0.2) is 11.5 Å². The lowest BCUT2D eigenvalue weighted by Crippen LogP contribution is -2.18. The Balaban J connectivity index is 1.89. The highest BCUT2D eigenvalue weighted by Crippen LogP contribution is 2.40. The summed E-state index contributed by atoms with van der Waals surface area (Å²) in [4.78, 5) is 12.6. The number of amides is 1. The molecule has 1 aliphatic heterocycles. The van der Waals surface area contributed by atoms with Crippen molar-refractivity contribution in [3.63, 3.8) is 0 Å². The van der Waals surface area contributed by atoms with Crippen LogP contribution in [-0.2, 0) is 0 Å². The Bertz CT molecular complexity index is 750. The van der Waals surface area contributed by atoms with Crippen LogP contribution in [0.15, 0.2) is 30.3 Å². The molecule has 1 amide bonds. The van der Waals surface area contributed by atoms with Gasteiger partial charge in [-0.05, 0) is 12.1 Å². The van der Waals surface area contributed by atoms with Crippen LogP contribution in [0.2, 0.25) is 0 Å². The zero-order chi connectivity index (χ0) is 17.8. The molecule has 0 saturated heterocycles. The van der Waals surface area contributed by atoms with Gasteiger partial charge in [-0.25, -0.2) is 0 Å². The van der Waals surface area contributed by atoms with Crippen LogP contribution in [0, 0.1) is 0 Å². The van der Waals surface area contributed by atoms with Crippen molar-refractivity contribution in [1.82, 2.24) is 0 Å². The van der Waals surface area contributed by atoms with Gasteiger partial charge in [0, 0.05) is 29.4 Å². The van der Waals surface area contributed by atoms with Crippen LogP contribution < -0.4 is 29.0 Å². The molecule has 1 N–H and O–H groups in total. The summed E-state index contributed by atoms with van der Waals surface area (Å²) in [5.41, 5.74) is 0.943. The summed E-state index contributed by atoms with van der Waals surface area (Å²) in [5, 5.41) is 2.81. The van der Waals surface area contributed by atoms with Crippen LogP contribution in [0.4, 0.5) is 5.69 Å². The van der Waals surface area contributed by atoms with Gasteiger partial charge in [-0.1, -0.05) is 0 Å². The zero-order valence-corrected chi connectivity index (χ0v) is 14.3. The summed E-state index contributed by atoms with van der Waals surface area (Å²) in [5.74, 6) is 2.28. The molecule has 7 heteroatoms. The first-order chi connectivity index (χ1) is 12.1. The van der Waals surface area contributed by atoms with Crippen molar-refractivity contribution in [3.8, 4) is 28.7 Å². The van der Waals surface area contributed by atoms with Crippen LogP contribution in [0.1, 0.15) is 10.4 Å². The van der Waals surface area contributed by atoms with Crippen molar-refractivity contribution in [3.05, 3.63) is 35.9 Å². The molecular weight excluding hydrogens is 326 g/mol. The van der Waals surface area contributed by atoms with Crippen LogP contribution in [0.25, 0.3) is 0 Å². The number of anilines is 1. The minimum absolute atomic E-state index is 0.314. The highest BCUT2D eigenvalue weighted by atomic mass is 16.6. The van der Waals surface area contributed by atoms with Gasteiger partial charge in [-0.2, -0.15) is 0 Å². The minimum atomic E-state index is -0.314. The number of nitrogens with one attached hydrogen (secondary N) is 1. The van der Waals surface area contributed by atoms with E-state index in [1.165, 1.54) is 7.11 Å². The van der Waals surface area contributed by atoms with E-state index >= 15 is 0 Å². The standard InChI is InChI=1S/C18H19NO6/c1-21-13-8-12(9-14(10-13)22-2)19-18(20)11-6-15(23-3)17-16(7-11)24-4-5-25-17/h6-10H,4-5H2,1-3H3,(H,19,20). The number of fused-ring (bicyclic) bond motifs is 1. The SMILES string of the molecule is COc1cc(NC(=O)c2cc(OC)c3c(c2)OCCO3)cc(OC)c1. The van der Waals surface area contributed by atoms with Crippen molar-refractivity contribution in [2.75, 3.05) is 39.9 Å². The van der Waals surface area contributed by atoms with E-state index in [9.17, 15) is 4.79 Å². The molecule has 0 spiro atoms. The first-order valence-electron chi connectivity index (χ1n) is 7.66. The fourth-order valence-electron chi connectivity index (χ4n) is 2.49. The predicted octanol–water partition coefficient (Wildman–Crippen LogP) is 2.74. The molecule has 2 aromatic carbocycles. The Morgan fingerprint density at radius 3 is 2.24 bits per heavy atom. The third-order valence-electron chi connectivity index (χ3n) is 3.70. The summed E-state index contributed by atoms with van der Waals surface area (Å²) in [6.07, 6.45) is 0. The Labute approximate surface area is 145 Å². The number of methoxy groups -OCH3 is 3. The molecule has 0 aromatic heterocycles. The molecule has 0 radical (unpaired) electrons. The molecule has 3 rings (SSSR count). The number of rotatable bonds is 5. The molecule has 0 saturated carbocycles. The summed E-state index contributed by atoms with van der Waals surface area (Å²) in [6.45, 7) is 0.868. The molecule has 0 bridgehead atoms. The number of hydrogen-bond donors (Lipinski definition) is 1. The smallest absolute Gasteiger partial charge is 0.255 e. The van der Waals surface area contributed by atoms with Gasteiger partial charge in [-0.3, -0.25) is 4.79 Å². The number of carbonyl (C=O) groups excluding carboxylic acids is 1. The van der Waals surface area contributed by atoms with Gasteiger partial charge in [0.25, 0.3) is 5.91 Å². The topological polar surface area (TPSA) is 75.3 Å². The summed E-state index contributed by atoms with van der Waals surface area (Å²) in [6, 6.07) is 8.37. The summed E-state index contributed by atoms with van der Waals surface area (Å²) < 4.78 is 26.8. The molecule has 0 fully saturated rings. The third kappa shape index (κ3) is 3.55. The van der Waals surface area contributed by atoms with Crippen molar-refractivity contribution in [2.45, 2.75) is 0 Å². The van der Waals surface area contributed by atoms with E-state index < -0.39 is 0 Å². The van der Waals surface area contributed by atoms with Gasteiger partial charge in [0.1, 0.15) is 24.7 Å². The molecule has 7 nitrogen and oxygen atoms in total. The van der Waals surface area contributed by atoms with E-state index in [-0.39, 0.29) is 5.91 Å². The predicted molar refractivity (Wildman–Crippen MR) is 91.5 cm³/mol. The Morgan fingerprint density at radius 2 is 1.60 bits per heavy atom. The van der Waals surface area contributed by atoms with Crippen LogP contribution in [-0.4, -0.2) is 40.5 Å². The quantitative estimate of drug-likeness (QED) is 0.898. The molecule has 0 aliphatic carbocycles. The van der Waals surface area contributed by atoms with Crippen LogP contribution >= 0.6 is 0 Å². The van der Waals surface area contributed by atoms with E-state index in [0.717, 1.165) is 0 Å². The maximum Gasteiger partial charge on any atom is 0.255 e. The van der Waals surface area contributed by atoms with E-state index in [1.54, 1.807) is 44.6 Å². The fourth-order valence-corrected chi connectivity index (χ4v) is 2.49. The first kappa shape index (κ1) is 16.8. The monoisotopic (exact) mass is 345 g/mol. The maximum atomic E-state index is 12.6. The van der Waals surface area contributed by atoms with Gasteiger partial charge >= 0.3 is 0 Å². The van der Waals surface area contributed by atoms with Crippen LogP contribution in [0.3, 0.4) is 0 Å². The highest BCUT2D eigenvalue weighted by molar-refractivity contribution is 6.05. The fraction of sp³-hybridized carbons (Fsp3) is 0.278. The van der Waals surface area contributed by atoms with Crippen molar-refractivity contribution in [2.24, 2.45) is 0 Å². The average Bonchev–Trinajstić information content (AvgIpc) is 2.66. The second-order valence-electron chi connectivity index (χ2n) is 5.26. The van der Waals surface area contributed by atoms with Gasteiger partial charge in [0.2, 0.25) is 5.75 Å². The normalized spacial score (nSPS) is 12.3. The maximum absolute atomic E-state index is 12.6. The number of hydrogen-bond acceptors (Lipinski definition) is 6. The van der Waals surface area contributed by atoms with E-state index in [0.29, 0.717) is 53.2 Å². The van der Waals surface area contributed by atoms with E-state index in [1.807, 2.05) is 0 Å². The lowest BCUT2D eigenvalue weighted by atomic mass is 10.1. The van der Waals surface area contributed by atoms with Crippen molar-refractivity contribution in [1.29, 1.82) is 0 Å². The van der Waals surface area contributed by atoms with E-state index in [2.05, 4.69) is 5.32 Å². The average molecular weight is 345 g/mol. The Kier molecular flexibility index (Phi) is 4.83. The second-order valence-corrected chi connectivity index (χ2v) is 5.26. The molecule has 0 unspecified atom stereocenters. The molecular formula is C18H19NO6. The van der Waals surface area contributed by atoms with Crippen LogP contribution in [0.5, 0.6) is 28.7 Å². The Morgan fingerprint density at radius 1 is 0.920 bits per heavy atom. The van der Waals surface area contributed by atoms with Gasteiger partial charge < -0.3 is 29.0 Å². The van der Waals surface area contributed by atoms with E-state index in [4.69, 9.17) is 23.7 Å². The largest absolute Gasteiger partial charge is 0.497 e. The summed E-state index contributed by atoms with van der Waals surface area (Å²) >= 11 is 0.